The Balaban J connectivity index is 1.29. The largest absolute Gasteiger partial charge is 0.456 e. The lowest BCUT2D eigenvalue weighted by Crippen LogP contribution is -2.62. The molecule has 3 nitrogen and oxygen atoms in total. The Morgan fingerprint density at radius 1 is 0.525 bits per heavy atom. The molecule has 7 aromatic rings. The van der Waals surface area contributed by atoms with E-state index in [4.69, 9.17) is 4.42 Å². The third-order valence-electron chi connectivity index (χ3n) is 15.6. The molecule has 0 unspecified atom stereocenters. The molecular weight excluding hydrogens is 739 g/mol. The van der Waals surface area contributed by atoms with Crippen molar-refractivity contribution in [1.29, 1.82) is 0 Å². The Hall–Kier alpha value is -5.22. The van der Waals surface area contributed by atoms with Gasteiger partial charge in [-0.3, -0.25) is 0 Å². The van der Waals surface area contributed by atoms with Crippen LogP contribution in [0.5, 0.6) is 0 Å². The summed E-state index contributed by atoms with van der Waals surface area (Å²) in [6.45, 7) is 31.4. The lowest BCUT2D eigenvalue weighted by Gasteiger charge is -2.48. The first-order valence-corrected chi connectivity index (χ1v) is 22.8. The fourth-order valence-corrected chi connectivity index (χ4v) is 12.5. The molecular formula is C57H61BN2O. The van der Waals surface area contributed by atoms with Crippen molar-refractivity contribution in [3.63, 3.8) is 0 Å². The molecule has 61 heavy (non-hydrogen) atoms. The van der Waals surface area contributed by atoms with Gasteiger partial charge in [0, 0.05) is 33.8 Å². The van der Waals surface area contributed by atoms with Crippen molar-refractivity contribution in [2.75, 3.05) is 9.80 Å². The highest BCUT2D eigenvalue weighted by Crippen LogP contribution is 2.55. The second-order valence-electron chi connectivity index (χ2n) is 22.9. The normalized spacial score (nSPS) is 18.8. The monoisotopic (exact) mass is 800 g/mol. The minimum atomic E-state index is -0.0313. The molecule has 11 rings (SSSR count). The molecule has 0 saturated carbocycles. The third-order valence-corrected chi connectivity index (χ3v) is 15.6. The van der Waals surface area contributed by atoms with E-state index in [1.807, 2.05) is 0 Å². The Morgan fingerprint density at radius 2 is 1.10 bits per heavy atom. The highest BCUT2D eigenvalue weighted by molar-refractivity contribution is 7.00. The van der Waals surface area contributed by atoms with Crippen molar-refractivity contribution in [3.8, 4) is 0 Å². The lowest BCUT2D eigenvalue weighted by molar-refractivity contribution is 0.332. The molecule has 3 heterocycles. The zero-order valence-corrected chi connectivity index (χ0v) is 38.7. The van der Waals surface area contributed by atoms with Crippen LogP contribution >= 0.6 is 0 Å². The van der Waals surface area contributed by atoms with E-state index in [-0.39, 0.29) is 33.8 Å². The summed E-state index contributed by atoms with van der Waals surface area (Å²) in [6.07, 6.45) is 3.50. The maximum absolute atomic E-state index is 6.60. The first-order chi connectivity index (χ1) is 28.7. The molecule has 0 radical (unpaired) electrons. The SMILES string of the molecule is Cc1cc2c3c(c1)N(c1cccc4oc5ccccc5c14)c1cc(C(C)(C)C)ccc1B3c1cc3c(cc1N2c1cc2c(cc1C)C(C)(C)CC2(C)C)C(C)(C)CCC3(C)C. The van der Waals surface area contributed by atoms with Crippen LogP contribution in [0, 0.1) is 13.8 Å². The molecule has 0 fully saturated rings. The van der Waals surface area contributed by atoms with Gasteiger partial charge in [0.15, 0.2) is 0 Å². The Bertz CT molecular complexity index is 3040. The molecule has 1 aromatic heterocycles. The number of fused-ring (bicyclic) bond motifs is 9. The van der Waals surface area contributed by atoms with Gasteiger partial charge < -0.3 is 14.2 Å². The smallest absolute Gasteiger partial charge is 0.252 e. The van der Waals surface area contributed by atoms with Gasteiger partial charge >= 0.3 is 0 Å². The maximum Gasteiger partial charge on any atom is 0.252 e. The number of furan rings is 1. The minimum Gasteiger partial charge on any atom is -0.456 e. The Morgan fingerprint density at radius 3 is 1.79 bits per heavy atom. The first-order valence-electron chi connectivity index (χ1n) is 22.8. The Labute approximate surface area is 364 Å². The van der Waals surface area contributed by atoms with E-state index in [0.29, 0.717) is 0 Å². The van der Waals surface area contributed by atoms with Gasteiger partial charge in [-0.25, -0.2) is 0 Å². The minimum absolute atomic E-state index is 0.0313. The summed E-state index contributed by atoms with van der Waals surface area (Å²) in [5.74, 6) is 0. The summed E-state index contributed by atoms with van der Waals surface area (Å²) in [4.78, 5) is 5.31. The summed E-state index contributed by atoms with van der Waals surface area (Å²) >= 11 is 0. The highest BCUT2D eigenvalue weighted by atomic mass is 16.3. The number of nitrogens with zero attached hydrogens (tertiary/aromatic N) is 2. The summed E-state index contributed by atoms with van der Waals surface area (Å²) in [6, 6.07) is 38.0. The molecule has 0 atom stereocenters. The van der Waals surface area contributed by atoms with Gasteiger partial charge in [-0.2, -0.15) is 0 Å². The number of anilines is 6. The van der Waals surface area contributed by atoms with Gasteiger partial charge in [0.2, 0.25) is 0 Å². The third kappa shape index (κ3) is 5.42. The fraction of sp³-hybridized carbons (Fsp3) is 0.368. The van der Waals surface area contributed by atoms with Gasteiger partial charge in [0.25, 0.3) is 6.71 Å². The molecule has 4 heteroatoms. The van der Waals surface area contributed by atoms with Gasteiger partial charge in [-0.15, -0.1) is 0 Å². The van der Waals surface area contributed by atoms with Gasteiger partial charge in [-0.1, -0.05) is 125 Å². The molecule has 0 N–H and O–H groups in total. The van der Waals surface area contributed by atoms with Crippen molar-refractivity contribution in [2.45, 2.75) is 136 Å². The molecule has 0 amide bonds. The molecule has 308 valence electrons. The summed E-state index contributed by atoms with van der Waals surface area (Å²) in [7, 11) is 0. The van der Waals surface area contributed by atoms with Crippen LogP contribution in [0.25, 0.3) is 21.9 Å². The van der Waals surface area contributed by atoms with Crippen molar-refractivity contribution in [1.82, 2.24) is 0 Å². The molecule has 0 saturated heterocycles. The van der Waals surface area contributed by atoms with Crippen LogP contribution in [-0.2, 0) is 27.1 Å². The standard InChI is InChI=1S/C57H61BN2O/c1-33-25-47-52-48(26-33)60(44-30-40-37(27-34(44)2)56(10,11)32-57(40,12)13)46-31-39-38(54(6,7)23-24-55(39,8)9)29-42(46)58(52)41-22-21-35(53(3,4)5)28-45(41)59(47)43-18-16-20-50-51(43)36-17-14-15-19-49(36)61-50/h14-22,25-31H,23-24,32H2,1-13H3. The van der Waals surface area contributed by atoms with Crippen LogP contribution in [0.2, 0.25) is 0 Å². The fourth-order valence-electron chi connectivity index (χ4n) is 12.5. The van der Waals surface area contributed by atoms with Gasteiger partial charge in [0.1, 0.15) is 11.2 Å². The predicted molar refractivity (Wildman–Crippen MR) is 262 cm³/mol. The number of hydrogen-bond donors (Lipinski definition) is 0. The summed E-state index contributed by atoms with van der Waals surface area (Å²) in [5, 5.41) is 2.30. The van der Waals surface area contributed by atoms with Gasteiger partial charge in [0.05, 0.1) is 11.1 Å². The van der Waals surface area contributed by atoms with Crippen LogP contribution in [0.1, 0.15) is 134 Å². The van der Waals surface area contributed by atoms with Crippen LogP contribution in [0.4, 0.5) is 34.1 Å². The van der Waals surface area contributed by atoms with E-state index in [9.17, 15) is 0 Å². The maximum atomic E-state index is 6.60. The number of hydrogen-bond acceptors (Lipinski definition) is 3. The van der Waals surface area contributed by atoms with E-state index in [0.717, 1.165) is 34.0 Å². The van der Waals surface area contributed by atoms with Crippen LogP contribution < -0.4 is 26.2 Å². The average molecular weight is 801 g/mol. The molecule has 4 aliphatic rings. The van der Waals surface area contributed by atoms with E-state index in [2.05, 4.69) is 197 Å². The average Bonchev–Trinajstić information content (AvgIpc) is 3.65. The number of para-hydroxylation sites is 1. The van der Waals surface area contributed by atoms with Crippen molar-refractivity contribution < 1.29 is 4.42 Å². The van der Waals surface area contributed by atoms with Crippen molar-refractivity contribution in [2.24, 2.45) is 0 Å². The number of rotatable bonds is 2. The summed E-state index contributed by atoms with van der Waals surface area (Å²) in [5.41, 5.74) is 23.8. The second-order valence-corrected chi connectivity index (χ2v) is 22.9. The number of aryl methyl sites for hydroxylation is 2. The lowest BCUT2D eigenvalue weighted by atomic mass is 9.33. The summed E-state index contributed by atoms with van der Waals surface area (Å²) < 4.78 is 6.60. The molecule has 2 aliphatic heterocycles. The predicted octanol–water partition coefficient (Wildman–Crippen LogP) is 13.9. The molecule has 6 aromatic carbocycles. The van der Waals surface area contributed by atoms with Crippen molar-refractivity contribution >= 4 is 79.2 Å². The van der Waals surface area contributed by atoms with E-state index in [1.165, 1.54) is 96.6 Å². The topological polar surface area (TPSA) is 19.6 Å². The van der Waals surface area contributed by atoms with E-state index < -0.39 is 0 Å². The first kappa shape index (κ1) is 38.7. The highest BCUT2D eigenvalue weighted by Gasteiger charge is 2.48. The van der Waals surface area contributed by atoms with Crippen LogP contribution in [0.15, 0.2) is 101 Å². The molecule has 0 bridgehead atoms. The van der Waals surface area contributed by atoms with Crippen LogP contribution in [0.3, 0.4) is 0 Å². The molecule has 0 spiro atoms. The molecule has 2 aliphatic carbocycles. The Kier molecular flexibility index (Phi) is 7.76. The zero-order chi connectivity index (χ0) is 42.9. The van der Waals surface area contributed by atoms with E-state index >= 15 is 0 Å². The second kappa shape index (κ2) is 12.2. The zero-order valence-electron chi connectivity index (χ0n) is 38.7. The van der Waals surface area contributed by atoms with Crippen molar-refractivity contribution in [3.05, 3.63) is 136 Å². The quantitative estimate of drug-likeness (QED) is 0.162. The van der Waals surface area contributed by atoms with Gasteiger partial charge in [-0.05, 0) is 164 Å². The van der Waals surface area contributed by atoms with Crippen LogP contribution in [-0.4, -0.2) is 6.71 Å². The van der Waals surface area contributed by atoms with E-state index in [1.54, 1.807) is 0 Å². The number of benzene rings is 6.